The molecular formula is C7H13NO4. The van der Waals surface area contributed by atoms with E-state index in [9.17, 15) is 9.59 Å². The number of carbonyl (C=O) groups excluding carboxylic acids is 1. The van der Waals surface area contributed by atoms with Gasteiger partial charge in [-0.2, -0.15) is 0 Å². The molecule has 0 saturated carbocycles. The van der Waals surface area contributed by atoms with Crippen LogP contribution in [0.25, 0.3) is 0 Å². The molecule has 2 atom stereocenters. The summed E-state index contributed by atoms with van der Waals surface area (Å²) in [7, 11) is 0. The molecule has 0 fully saturated rings. The fourth-order valence-electron chi connectivity index (χ4n) is 0.642. The largest absolute Gasteiger partial charge is 0.481 e. The van der Waals surface area contributed by atoms with E-state index in [1.54, 1.807) is 0 Å². The second-order valence-corrected chi connectivity index (χ2v) is 2.70. The third kappa shape index (κ3) is 3.45. The normalized spacial score (nSPS) is 15.2. The van der Waals surface area contributed by atoms with Crippen LogP contribution in [0.15, 0.2) is 0 Å². The fraction of sp³-hybridized carbons (Fsp3) is 0.714. The number of Topliss-reactive ketones (excluding diaryl/α,β-unsaturated/α-hetero) is 1. The lowest BCUT2D eigenvalue weighted by Crippen LogP contribution is -2.35. The standard InChI is InChI=1S/C7H13NO4/c1-4(7(11)12)2-6(10)5(8)3-9/h4-5,9H,2-3,8H2,1H3,(H,11,12). The zero-order valence-electron chi connectivity index (χ0n) is 6.86. The van der Waals surface area contributed by atoms with Crippen molar-refractivity contribution in [3.63, 3.8) is 0 Å². The summed E-state index contributed by atoms with van der Waals surface area (Å²) in [4.78, 5) is 21.2. The number of ketones is 1. The van der Waals surface area contributed by atoms with Gasteiger partial charge in [0.05, 0.1) is 18.6 Å². The highest BCUT2D eigenvalue weighted by Gasteiger charge is 2.19. The van der Waals surface area contributed by atoms with Crippen LogP contribution in [0.4, 0.5) is 0 Å². The molecule has 0 aromatic rings. The number of aliphatic carboxylic acids is 1. The molecule has 5 nitrogen and oxygen atoms in total. The molecule has 0 aliphatic rings. The Hall–Kier alpha value is -0.940. The Morgan fingerprint density at radius 1 is 1.50 bits per heavy atom. The minimum Gasteiger partial charge on any atom is -0.481 e. The van der Waals surface area contributed by atoms with E-state index in [2.05, 4.69) is 0 Å². The minimum absolute atomic E-state index is 0.128. The first kappa shape index (κ1) is 11.1. The van der Waals surface area contributed by atoms with Gasteiger partial charge < -0.3 is 15.9 Å². The van der Waals surface area contributed by atoms with Gasteiger partial charge in [-0.05, 0) is 0 Å². The van der Waals surface area contributed by atoms with Gasteiger partial charge in [0.1, 0.15) is 0 Å². The lowest BCUT2D eigenvalue weighted by atomic mass is 10.0. The Bertz CT molecular complexity index is 180. The van der Waals surface area contributed by atoms with Crippen molar-refractivity contribution in [2.45, 2.75) is 19.4 Å². The van der Waals surface area contributed by atoms with E-state index in [0.717, 1.165) is 0 Å². The van der Waals surface area contributed by atoms with E-state index in [1.165, 1.54) is 6.92 Å². The maximum atomic E-state index is 10.9. The summed E-state index contributed by atoms with van der Waals surface area (Å²) in [5.74, 6) is -2.20. The number of rotatable bonds is 5. The van der Waals surface area contributed by atoms with Gasteiger partial charge in [0.2, 0.25) is 0 Å². The molecule has 0 aliphatic heterocycles. The van der Waals surface area contributed by atoms with E-state index in [1.807, 2.05) is 0 Å². The van der Waals surface area contributed by atoms with Gasteiger partial charge in [-0.25, -0.2) is 0 Å². The zero-order chi connectivity index (χ0) is 9.72. The van der Waals surface area contributed by atoms with Crippen LogP contribution < -0.4 is 5.73 Å². The van der Waals surface area contributed by atoms with Crippen molar-refractivity contribution in [1.82, 2.24) is 0 Å². The first-order chi connectivity index (χ1) is 5.49. The molecule has 0 amide bonds. The first-order valence-corrected chi connectivity index (χ1v) is 3.61. The first-order valence-electron chi connectivity index (χ1n) is 3.61. The summed E-state index contributed by atoms with van der Waals surface area (Å²) in [5.41, 5.74) is 5.17. The van der Waals surface area contributed by atoms with Crippen LogP contribution in [0.1, 0.15) is 13.3 Å². The molecule has 0 aliphatic carbocycles. The highest BCUT2D eigenvalue weighted by atomic mass is 16.4. The third-order valence-electron chi connectivity index (χ3n) is 1.54. The summed E-state index contributed by atoms with van der Waals surface area (Å²) in [5, 5.41) is 16.9. The Morgan fingerprint density at radius 3 is 2.33 bits per heavy atom. The molecule has 0 radical (unpaired) electrons. The molecule has 70 valence electrons. The second-order valence-electron chi connectivity index (χ2n) is 2.70. The molecule has 0 heterocycles. The van der Waals surface area contributed by atoms with Crippen molar-refractivity contribution in [2.75, 3.05) is 6.61 Å². The maximum absolute atomic E-state index is 10.9. The highest BCUT2D eigenvalue weighted by Crippen LogP contribution is 2.03. The summed E-state index contributed by atoms with van der Waals surface area (Å²) < 4.78 is 0. The van der Waals surface area contributed by atoms with E-state index in [0.29, 0.717) is 0 Å². The third-order valence-corrected chi connectivity index (χ3v) is 1.54. The van der Waals surface area contributed by atoms with Crippen molar-refractivity contribution >= 4 is 11.8 Å². The molecule has 0 bridgehead atoms. The van der Waals surface area contributed by atoms with Crippen LogP contribution in [-0.2, 0) is 9.59 Å². The molecule has 0 aromatic carbocycles. The quantitative estimate of drug-likeness (QED) is 0.497. The number of nitrogens with two attached hydrogens (primary N) is 1. The van der Waals surface area contributed by atoms with Gasteiger partial charge in [0.15, 0.2) is 5.78 Å². The SMILES string of the molecule is CC(CC(=O)C(N)CO)C(=O)O. The smallest absolute Gasteiger partial charge is 0.306 e. The number of carboxylic acid groups (broad SMARTS) is 1. The van der Waals surface area contributed by atoms with Crippen LogP contribution in [-0.4, -0.2) is 34.6 Å². The monoisotopic (exact) mass is 175 g/mol. The molecule has 5 heteroatoms. The zero-order valence-corrected chi connectivity index (χ0v) is 6.86. The lowest BCUT2D eigenvalue weighted by molar-refractivity contribution is -0.143. The summed E-state index contributed by atoms with van der Waals surface area (Å²) in [6.45, 7) is 0.982. The lowest BCUT2D eigenvalue weighted by Gasteiger charge is -2.08. The Morgan fingerprint density at radius 2 is 2.00 bits per heavy atom. The molecule has 0 spiro atoms. The topological polar surface area (TPSA) is 101 Å². The maximum Gasteiger partial charge on any atom is 0.306 e. The Labute approximate surface area is 70.2 Å². The number of hydrogen-bond acceptors (Lipinski definition) is 4. The molecule has 0 saturated heterocycles. The highest BCUT2D eigenvalue weighted by molar-refractivity contribution is 5.87. The average molecular weight is 175 g/mol. The summed E-state index contributed by atoms with van der Waals surface area (Å²) >= 11 is 0. The van der Waals surface area contributed by atoms with Crippen molar-refractivity contribution in [3.05, 3.63) is 0 Å². The van der Waals surface area contributed by atoms with E-state index in [4.69, 9.17) is 15.9 Å². The van der Waals surface area contributed by atoms with Crippen molar-refractivity contribution in [3.8, 4) is 0 Å². The van der Waals surface area contributed by atoms with E-state index in [-0.39, 0.29) is 6.42 Å². The molecular weight excluding hydrogens is 162 g/mol. The number of hydrogen-bond donors (Lipinski definition) is 3. The number of aliphatic hydroxyl groups excluding tert-OH is 1. The van der Waals surface area contributed by atoms with Gasteiger partial charge in [0.25, 0.3) is 0 Å². The number of aliphatic hydroxyl groups is 1. The van der Waals surface area contributed by atoms with Crippen LogP contribution in [0.5, 0.6) is 0 Å². The second kappa shape index (κ2) is 4.84. The Kier molecular flexibility index (Phi) is 4.46. The summed E-state index contributed by atoms with van der Waals surface area (Å²) in [6.07, 6.45) is -0.128. The fourth-order valence-corrected chi connectivity index (χ4v) is 0.642. The van der Waals surface area contributed by atoms with E-state index < -0.39 is 30.3 Å². The minimum atomic E-state index is -1.03. The van der Waals surface area contributed by atoms with Crippen molar-refractivity contribution in [2.24, 2.45) is 11.7 Å². The molecule has 2 unspecified atom stereocenters. The molecule has 4 N–H and O–H groups in total. The molecule has 12 heavy (non-hydrogen) atoms. The molecule has 0 rings (SSSR count). The molecule has 0 aromatic heterocycles. The van der Waals surface area contributed by atoms with Crippen LogP contribution >= 0.6 is 0 Å². The number of carboxylic acids is 1. The van der Waals surface area contributed by atoms with Crippen LogP contribution in [0, 0.1) is 5.92 Å². The van der Waals surface area contributed by atoms with Crippen molar-refractivity contribution < 1.29 is 19.8 Å². The van der Waals surface area contributed by atoms with Crippen LogP contribution in [0.3, 0.4) is 0 Å². The van der Waals surface area contributed by atoms with Crippen LogP contribution in [0.2, 0.25) is 0 Å². The van der Waals surface area contributed by atoms with Gasteiger partial charge in [-0.15, -0.1) is 0 Å². The van der Waals surface area contributed by atoms with Gasteiger partial charge in [-0.1, -0.05) is 6.92 Å². The summed E-state index contributed by atoms with van der Waals surface area (Å²) in [6, 6.07) is -0.952. The van der Waals surface area contributed by atoms with Crippen molar-refractivity contribution in [1.29, 1.82) is 0 Å². The Balaban J connectivity index is 3.92. The number of carbonyl (C=O) groups is 2. The van der Waals surface area contributed by atoms with E-state index >= 15 is 0 Å². The van der Waals surface area contributed by atoms with Gasteiger partial charge >= 0.3 is 5.97 Å². The predicted molar refractivity (Wildman–Crippen MR) is 41.5 cm³/mol. The van der Waals surface area contributed by atoms with Gasteiger partial charge in [0, 0.05) is 6.42 Å². The average Bonchev–Trinajstić information content (AvgIpc) is 2.02. The van der Waals surface area contributed by atoms with Gasteiger partial charge in [-0.3, -0.25) is 9.59 Å². The predicted octanol–water partition coefficient (Wildman–Crippen LogP) is -1.01.